The summed E-state index contributed by atoms with van der Waals surface area (Å²) in [6, 6.07) is 18.1. The van der Waals surface area contributed by atoms with E-state index >= 15 is 0 Å². The number of benzene rings is 2. The van der Waals surface area contributed by atoms with E-state index in [1.54, 1.807) is 34.9 Å². The highest BCUT2D eigenvalue weighted by Gasteiger charge is 2.06. The highest BCUT2D eigenvalue weighted by Crippen LogP contribution is 2.24. The molecule has 5 heteroatoms. The van der Waals surface area contributed by atoms with E-state index in [0.29, 0.717) is 10.5 Å². The number of hydrogen-bond donors (Lipinski definition) is 1. The molecule has 22 heavy (non-hydrogen) atoms. The van der Waals surface area contributed by atoms with Crippen molar-refractivity contribution >= 4 is 23.6 Å². The molecule has 1 N–H and O–H groups in total. The second-order valence-electron chi connectivity index (χ2n) is 4.83. The van der Waals surface area contributed by atoms with Crippen LogP contribution in [0.25, 0.3) is 10.4 Å². The Bertz CT molecular complexity index is 865. The molecule has 0 atom stereocenters. The maximum absolute atomic E-state index is 12.4. The number of hydrogen-bond acceptors (Lipinski definition) is 4. The fourth-order valence-corrected chi connectivity index (χ4v) is 3.43. The molecule has 0 aliphatic rings. The number of phenolic OH excluding ortho intramolecular Hbond substituents is 1. The van der Waals surface area contributed by atoms with E-state index in [1.807, 2.05) is 30.3 Å². The zero-order valence-electron chi connectivity index (χ0n) is 11.6. The van der Waals surface area contributed by atoms with Crippen molar-refractivity contribution < 1.29 is 5.11 Å². The Balaban J connectivity index is 2.00. The number of aromatic nitrogens is 1. The normalized spacial score (nSPS) is 10.5. The molecule has 0 saturated heterocycles. The summed E-state index contributed by atoms with van der Waals surface area (Å²) in [4.78, 5) is 13.2. The smallest absolute Gasteiger partial charge is 0.253 e. The zero-order chi connectivity index (χ0) is 15.5. The monoisotopic (exact) mass is 327 g/mol. The maximum Gasteiger partial charge on any atom is 0.253 e. The SMILES string of the molecule is O=c1cc(-c2ccc(O)cc2)sc(=S)n1Cc1ccccc1. The third kappa shape index (κ3) is 3.16. The summed E-state index contributed by atoms with van der Waals surface area (Å²) in [6.07, 6.45) is 0. The fourth-order valence-electron chi connectivity index (χ4n) is 2.14. The van der Waals surface area contributed by atoms with Crippen LogP contribution in [0.15, 0.2) is 65.5 Å². The van der Waals surface area contributed by atoms with Crippen LogP contribution >= 0.6 is 23.6 Å². The van der Waals surface area contributed by atoms with Gasteiger partial charge < -0.3 is 5.11 Å². The Hall–Kier alpha value is -2.24. The first-order chi connectivity index (χ1) is 10.6. The lowest BCUT2D eigenvalue weighted by Crippen LogP contribution is -2.19. The van der Waals surface area contributed by atoms with Crippen molar-refractivity contribution in [3.63, 3.8) is 0 Å². The third-order valence-electron chi connectivity index (χ3n) is 3.27. The van der Waals surface area contributed by atoms with Crippen LogP contribution in [0.1, 0.15) is 5.56 Å². The summed E-state index contributed by atoms with van der Waals surface area (Å²) < 4.78 is 2.14. The van der Waals surface area contributed by atoms with Crippen molar-refractivity contribution in [3.8, 4) is 16.2 Å². The molecule has 0 saturated carbocycles. The molecule has 110 valence electrons. The van der Waals surface area contributed by atoms with Gasteiger partial charge in [0.05, 0.1) is 6.54 Å². The first-order valence-corrected chi connectivity index (χ1v) is 7.94. The van der Waals surface area contributed by atoms with Crippen LogP contribution in [0.5, 0.6) is 5.75 Å². The van der Waals surface area contributed by atoms with Crippen molar-refractivity contribution in [1.29, 1.82) is 0 Å². The minimum absolute atomic E-state index is 0.115. The highest BCUT2D eigenvalue weighted by molar-refractivity contribution is 7.73. The second-order valence-corrected chi connectivity index (χ2v) is 6.51. The number of phenols is 1. The molecule has 0 unspecified atom stereocenters. The van der Waals surface area contributed by atoms with Gasteiger partial charge in [-0.1, -0.05) is 30.3 Å². The van der Waals surface area contributed by atoms with Crippen LogP contribution in [0.3, 0.4) is 0 Å². The Morgan fingerprint density at radius 2 is 1.73 bits per heavy atom. The topological polar surface area (TPSA) is 42.2 Å². The molecular weight excluding hydrogens is 314 g/mol. The molecule has 0 radical (unpaired) electrons. The Morgan fingerprint density at radius 1 is 1.05 bits per heavy atom. The lowest BCUT2D eigenvalue weighted by Gasteiger charge is -2.07. The molecule has 0 spiro atoms. The van der Waals surface area contributed by atoms with E-state index in [4.69, 9.17) is 12.2 Å². The molecule has 1 heterocycles. The third-order valence-corrected chi connectivity index (χ3v) is 4.71. The molecule has 0 fully saturated rings. The molecule has 2 aromatic carbocycles. The summed E-state index contributed by atoms with van der Waals surface area (Å²) >= 11 is 6.78. The van der Waals surface area contributed by atoms with E-state index in [9.17, 15) is 9.90 Å². The second kappa shape index (κ2) is 6.25. The van der Waals surface area contributed by atoms with Crippen LogP contribution in [-0.2, 0) is 6.54 Å². The van der Waals surface area contributed by atoms with Gasteiger partial charge in [-0.05, 0) is 47.6 Å². The van der Waals surface area contributed by atoms with E-state index in [0.717, 1.165) is 16.0 Å². The number of nitrogens with zero attached hydrogens (tertiary/aromatic N) is 1. The van der Waals surface area contributed by atoms with Gasteiger partial charge in [-0.2, -0.15) is 0 Å². The minimum atomic E-state index is -0.115. The van der Waals surface area contributed by atoms with Gasteiger partial charge >= 0.3 is 0 Å². The summed E-state index contributed by atoms with van der Waals surface area (Å²) in [5, 5.41) is 9.34. The largest absolute Gasteiger partial charge is 0.508 e. The van der Waals surface area contributed by atoms with Crippen LogP contribution in [0, 0.1) is 3.95 Å². The Morgan fingerprint density at radius 3 is 2.36 bits per heavy atom. The fraction of sp³-hybridized carbons (Fsp3) is 0.0588. The molecule has 1 aromatic heterocycles. The summed E-state index contributed by atoms with van der Waals surface area (Å²) in [5.41, 5.74) is 1.80. The maximum atomic E-state index is 12.4. The van der Waals surface area contributed by atoms with Gasteiger partial charge in [0.15, 0.2) is 3.95 Å². The van der Waals surface area contributed by atoms with E-state index in [2.05, 4.69) is 0 Å². The molecule has 3 nitrogen and oxygen atoms in total. The zero-order valence-corrected chi connectivity index (χ0v) is 13.2. The van der Waals surface area contributed by atoms with E-state index < -0.39 is 0 Å². The predicted molar refractivity (Wildman–Crippen MR) is 92.1 cm³/mol. The van der Waals surface area contributed by atoms with Crippen LogP contribution < -0.4 is 5.56 Å². The molecule has 0 aliphatic heterocycles. The quantitative estimate of drug-likeness (QED) is 0.738. The number of rotatable bonds is 3. The lowest BCUT2D eigenvalue weighted by atomic mass is 10.2. The van der Waals surface area contributed by atoms with E-state index in [1.165, 1.54) is 11.3 Å². The van der Waals surface area contributed by atoms with Gasteiger partial charge in [-0.3, -0.25) is 9.36 Å². The first-order valence-electron chi connectivity index (χ1n) is 6.72. The summed E-state index contributed by atoms with van der Waals surface area (Å²) in [6.45, 7) is 0.477. The Kier molecular flexibility index (Phi) is 4.18. The molecule has 0 bridgehead atoms. The van der Waals surface area contributed by atoms with Gasteiger partial charge in [-0.15, -0.1) is 11.3 Å². The first kappa shape index (κ1) is 14.7. The molecular formula is C17H13NO2S2. The minimum Gasteiger partial charge on any atom is -0.508 e. The highest BCUT2D eigenvalue weighted by atomic mass is 32.1. The molecule has 3 rings (SSSR count). The average Bonchev–Trinajstić information content (AvgIpc) is 2.52. The Labute approximate surface area is 136 Å². The van der Waals surface area contributed by atoms with Crippen molar-refractivity contribution in [2.75, 3.05) is 0 Å². The van der Waals surface area contributed by atoms with Gasteiger partial charge in [0.25, 0.3) is 5.56 Å². The molecule has 3 aromatic rings. The van der Waals surface area contributed by atoms with Gasteiger partial charge in [0.1, 0.15) is 5.75 Å². The number of aromatic hydroxyl groups is 1. The lowest BCUT2D eigenvalue weighted by molar-refractivity contribution is 0.475. The predicted octanol–water partition coefficient (Wildman–Crippen LogP) is 4.06. The van der Waals surface area contributed by atoms with Gasteiger partial charge in [0.2, 0.25) is 0 Å². The molecule has 0 amide bonds. The summed E-state index contributed by atoms with van der Waals surface area (Å²) in [7, 11) is 0. The van der Waals surface area contributed by atoms with Crippen LogP contribution in [0.4, 0.5) is 0 Å². The van der Waals surface area contributed by atoms with Crippen LogP contribution in [0.2, 0.25) is 0 Å². The van der Waals surface area contributed by atoms with E-state index in [-0.39, 0.29) is 11.3 Å². The summed E-state index contributed by atoms with van der Waals surface area (Å²) in [5.74, 6) is 0.199. The van der Waals surface area contributed by atoms with Crippen LogP contribution in [-0.4, -0.2) is 9.67 Å². The van der Waals surface area contributed by atoms with Crippen molar-refractivity contribution in [3.05, 3.63) is 80.5 Å². The standard InChI is InChI=1S/C17H13NO2S2/c19-14-8-6-13(7-9-14)15-10-16(20)18(17(21)22-15)11-12-4-2-1-3-5-12/h1-10,19H,11H2. The van der Waals surface area contributed by atoms with Crippen molar-refractivity contribution in [2.45, 2.75) is 6.54 Å². The average molecular weight is 327 g/mol. The van der Waals surface area contributed by atoms with Gasteiger partial charge in [0, 0.05) is 10.9 Å². The van der Waals surface area contributed by atoms with Crippen molar-refractivity contribution in [1.82, 2.24) is 4.57 Å². The van der Waals surface area contributed by atoms with Crippen molar-refractivity contribution in [2.24, 2.45) is 0 Å². The molecule has 0 aliphatic carbocycles. The van der Waals surface area contributed by atoms with Gasteiger partial charge in [-0.25, -0.2) is 0 Å².